The third-order valence-electron chi connectivity index (χ3n) is 1.65. The molecule has 0 aromatic heterocycles. The predicted molar refractivity (Wildman–Crippen MR) is 55.1 cm³/mol. The fourth-order valence-corrected chi connectivity index (χ4v) is 1.02. The first-order chi connectivity index (χ1) is 5.84. The number of hydrogen-bond acceptors (Lipinski definition) is 2. The topological polar surface area (TPSA) is 15.3 Å². The summed E-state index contributed by atoms with van der Waals surface area (Å²) in [4.78, 5) is 2.23. The molecule has 0 saturated heterocycles. The second-order valence-corrected chi connectivity index (χ2v) is 2.50. The number of rotatable bonds is 2. The van der Waals surface area contributed by atoms with Crippen molar-refractivity contribution in [1.82, 2.24) is 10.2 Å². The van der Waals surface area contributed by atoms with E-state index in [9.17, 15) is 0 Å². The number of allylic oxidation sites excluding steroid dienone is 2. The molecular weight excluding hydrogens is 148 g/mol. The normalized spacial score (nSPS) is 15.0. The van der Waals surface area contributed by atoms with E-state index in [1.165, 1.54) is 5.70 Å². The lowest BCUT2D eigenvalue weighted by atomic mass is 10.2. The monoisotopic (exact) mass is 168 g/mol. The Morgan fingerprint density at radius 3 is 2.67 bits per heavy atom. The lowest BCUT2D eigenvalue weighted by Gasteiger charge is -2.22. The van der Waals surface area contributed by atoms with Crippen molar-refractivity contribution in [2.75, 3.05) is 27.2 Å². The zero-order chi connectivity index (χ0) is 9.40. The van der Waals surface area contributed by atoms with Crippen molar-refractivity contribution in [3.05, 3.63) is 23.9 Å². The summed E-state index contributed by atoms with van der Waals surface area (Å²) in [6.45, 7) is 5.99. The van der Waals surface area contributed by atoms with Gasteiger partial charge >= 0.3 is 0 Å². The fourth-order valence-electron chi connectivity index (χ4n) is 1.02. The molecule has 0 aromatic rings. The Balaban J connectivity index is 0.000000561. The fraction of sp³-hybridized carbons (Fsp3) is 0.600. The number of likely N-dealkylation sites (N-methyl/N-ethyl adjacent to an activating group) is 2. The Kier molecular flexibility index (Phi) is 6.48. The Labute approximate surface area is 76.0 Å². The van der Waals surface area contributed by atoms with E-state index in [0.717, 1.165) is 13.1 Å². The highest BCUT2D eigenvalue weighted by Crippen LogP contribution is 2.04. The largest absolute Gasteiger partial charge is 0.373 e. The molecule has 1 N–H and O–H groups in total. The third kappa shape index (κ3) is 3.58. The van der Waals surface area contributed by atoms with E-state index < -0.39 is 0 Å². The molecule has 0 unspecified atom stereocenters. The first-order valence-corrected chi connectivity index (χ1v) is 4.56. The van der Waals surface area contributed by atoms with Crippen LogP contribution in [0.5, 0.6) is 0 Å². The second kappa shape index (κ2) is 6.92. The predicted octanol–water partition coefficient (Wildman–Crippen LogP) is 1.62. The summed E-state index contributed by atoms with van der Waals surface area (Å²) >= 11 is 0. The lowest BCUT2D eigenvalue weighted by Crippen LogP contribution is -2.26. The van der Waals surface area contributed by atoms with Crippen LogP contribution in [-0.2, 0) is 0 Å². The van der Waals surface area contributed by atoms with Crippen LogP contribution < -0.4 is 5.32 Å². The molecule has 1 heterocycles. The minimum Gasteiger partial charge on any atom is -0.373 e. The molecule has 0 aliphatic carbocycles. The highest BCUT2D eigenvalue weighted by Gasteiger charge is 2.02. The van der Waals surface area contributed by atoms with Crippen LogP contribution in [0.2, 0.25) is 0 Å². The molecule has 0 amide bonds. The van der Waals surface area contributed by atoms with Crippen molar-refractivity contribution >= 4 is 0 Å². The molecule has 0 fully saturated rings. The van der Waals surface area contributed by atoms with Crippen LogP contribution in [0.15, 0.2) is 23.9 Å². The SMILES string of the molecule is CC.CNCC1=CC=CCN1C. The molecule has 2 heteroatoms. The number of hydrogen-bond donors (Lipinski definition) is 1. The lowest BCUT2D eigenvalue weighted by molar-refractivity contribution is 0.443. The van der Waals surface area contributed by atoms with Gasteiger partial charge in [0.25, 0.3) is 0 Å². The standard InChI is InChI=1S/C8H14N2.C2H6/c1-9-7-8-5-3-4-6-10(8)2;1-2/h3-5,9H,6-7H2,1-2H3;1-2H3. The average Bonchev–Trinajstić information content (AvgIpc) is 2.13. The second-order valence-electron chi connectivity index (χ2n) is 2.50. The van der Waals surface area contributed by atoms with E-state index in [0.29, 0.717) is 0 Å². The molecule has 0 radical (unpaired) electrons. The van der Waals surface area contributed by atoms with E-state index in [1.54, 1.807) is 0 Å². The van der Waals surface area contributed by atoms with Crippen LogP contribution in [-0.4, -0.2) is 32.1 Å². The molecule has 2 nitrogen and oxygen atoms in total. The van der Waals surface area contributed by atoms with Crippen molar-refractivity contribution in [2.45, 2.75) is 13.8 Å². The van der Waals surface area contributed by atoms with Crippen LogP contribution in [0, 0.1) is 0 Å². The highest BCUT2D eigenvalue weighted by molar-refractivity contribution is 5.17. The summed E-state index contributed by atoms with van der Waals surface area (Å²) < 4.78 is 0. The molecule has 0 saturated carbocycles. The summed E-state index contributed by atoms with van der Waals surface area (Å²) in [5, 5.41) is 3.12. The van der Waals surface area contributed by atoms with Gasteiger partial charge in [-0.2, -0.15) is 0 Å². The zero-order valence-electron chi connectivity index (χ0n) is 8.59. The van der Waals surface area contributed by atoms with Gasteiger partial charge in [-0.3, -0.25) is 0 Å². The van der Waals surface area contributed by atoms with Crippen molar-refractivity contribution in [1.29, 1.82) is 0 Å². The van der Waals surface area contributed by atoms with Gasteiger partial charge in [-0.25, -0.2) is 0 Å². The van der Waals surface area contributed by atoms with Gasteiger partial charge in [0.2, 0.25) is 0 Å². The third-order valence-corrected chi connectivity index (χ3v) is 1.65. The van der Waals surface area contributed by atoms with Gasteiger partial charge in [-0.15, -0.1) is 0 Å². The summed E-state index contributed by atoms with van der Waals surface area (Å²) in [5.74, 6) is 0. The molecule has 70 valence electrons. The maximum atomic E-state index is 3.12. The first-order valence-electron chi connectivity index (χ1n) is 4.56. The van der Waals surface area contributed by atoms with Crippen LogP contribution in [0.4, 0.5) is 0 Å². The average molecular weight is 168 g/mol. The molecular formula is C10H20N2. The van der Waals surface area contributed by atoms with Crippen molar-refractivity contribution < 1.29 is 0 Å². The molecule has 12 heavy (non-hydrogen) atoms. The maximum Gasteiger partial charge on any atom is 0.0356 e. The Bertz CT molecular complexity index is 159. The van der Waals surface area contributed by atoms with Crippen molar-refractivity contribution in [2.24, 2.45) is 0 Å². The minimum absolute atomic E-state index is 0.959. The maximum absolute atomic E-state index is 3.12. The van der Waals surface area contributed by atoms with Gasteiger partial charge in [0, 0.05) is 25.8 Å². The van der Waals surface area contributed by atoms with Crippen molar-refractivity contribution in [3.8, 4) is 0 Å². The molecule has 1 aliphatic rings. The van der Waals surface area contributed by atoms with Crippen LogP contribution in [0.3, 0.4) is 0 Å². The van der Waals surface area contributed by atoms with Crippen molar-refractivity contribution in [3.63, 3.8) is 0 Å². The zero-order valence-corrected chi connectivity index (χ0v) is 8.59. The van der Waals surface area contributed by atoms with Gasteiger partial charge in [-0.05, 0) is 13.1 Å². The van der Waals surface area contributed by atoms with E-state index in [1.807, 2.05) is 20.9 Å². The van der Waals surface area contributed by atoms with Gasteiger partial charge in [-0.1, -0.05) is 26.0 Å². The van der Waals surface area contributed by atoms with E-state index in [4.69, 9.17) is 0 Å². The quantitative estimate of drug-likeness (QED) is 0.674. The molecule has 0 bridgehead atoms. The Morgan fingerprint density at radius 2 is 2.17 bits per heavy atom. The van der Waals surface area contributed by atoms with E-state index in [-0.39, 0.29) is 0 Å². The summed E-state index contributed by atoms with van der Waals surface area (Å²) in [5.41, 5.74) is 1.35. The van der Waals surface area contributed by atoms with Crippen LogP contribution in [0.25, 0.3) is 0 Å². The van der Waals surface area contributed by atoms with E-state index >= 15 is 0 Å². The minimum atomic E-state index is 0.959. The molecule has 1 aliphatic heterocycles. The van der Waals surface area contributed by atoms with Crippen LogP contribution >= 0.6 is 0 Å². The Morgan fingerprint density at radius 1 is 1.50 bits per heavy atom. The van der Waals surface area contributed by atoms with E-state index in [2.05, 4.69) is 35.5 Å². The highest BCUT2D eigenvalue weighted by atomic mass is 15.1. The molecule has 0 aromatic carbocycles. The van der Waals surface area contributed by atoms with Gasteiger partial charge in [0.15, 0.2) is 0 Å². The molecule has 0 atom stereocenters. The Hall–Kier alpha value is -0.760. The van der Waals surface area contributed by atoms with Gasteiger partial charge in [0.1, 0.15) is 0 Å². The van der Waals surface area contributed by atoms with Crippen LogP contribution in [0.1, 0.15) is 13.8 Å². The summed E-state index contributed by atoms with van der Waals surface area (Å²) in [6.07, 6.45) is 6.39. The number of nitrogens with zero attached hydrogens (tertiary/aromatic N) is 1. The van der Waals surface area contributed by atoms with Gasteiger partial charge < -0.3 is 10.2 Å². The van der Waals surface area contributed by atoms with Gasteiger partial charge in [0.05, 0.1) is 0 Å². The first kappa shape index (κ1) is 11.2. The molecule has 0 spiro atoms. The number of nitrogens with one attached hydrogen (secondary N) is 1. The smallest absolute Gasteiger partial charge is 0.0356 e. The summed E-state index contributed by atoms with van der Waals surface area (Å²) in [7, 11) is 4.07. The molecule has 1 rings (SSSR count). The summed E-state index contributed by atoms with van der Waals surface area (Å²) in [6, 6.07) is 0.